The number of anilines is 1. The molecule has 0 unspecified atom stereocenters. The first-order chi connectivity index (χ1) is 15.9. The van der Waals surface area contributed by atoms with Crippen molar-refractivity contribution in [3.63, 3.8) is 0 Å². The molecule has 0 bridgehead atoms. The van der Waals surface area contributed by atoms with Gasteiger partial charge in [0.15, 0.2) is 0 Å². The molecule has 5 rings (SSSR count). The van der Waals surface area contributed by atoms with Crippen LogP contribution in [0, 0.1) is 13.8 Å². The summed E-state index contributed by atoms with van der Waals surface area (Å²) in [5.74, 6) is -0.653. The molecule has 0 saturated carbocycles. The van der Waals surface area contributed by atoms with Gasteiger partial charge < -0.3 is 5.32 Å². The maximum atomic E-state index is 13.5. The fourth-order valence-corrected chi connectivity index (χ4v) is 4.01. The van der Waals surface area contributed by atoms with Gasteiger partial charge in [0, 0.05) is 0 Å². The molecule has 33 heavy (non-hydrogen) atoms. The van der Waals surface area contributed by atoms with E-state index in [-0.39, 0.29) is 17.0 Å². The summed E-state index contributed by atoms with van der Waals surface area (Å²) in [5.41, 5.74) is 4.75. The molecule has 0 atom stereocenters. The van der Waals surface area contributed by atoms with Crippen molar-refractivity contribution in [2.45, 2.75) is 20.4 Å². The number of aryl methyl sites for hydroxylation is 2. The molecule has 8 heteroatoms. The number of fused-ring (bicyclic) bond motifs is 3. The highest BCUT2D eigenvalue weighted by Crippen LogP contribution is 2.22. The second-order valence-electron chi connectivity index (χ2n) is 7.91. The van der Waals surface area contributed by atoms with Gasteiger partial charge >= 0.3 is 0 Å². The molecule has 0 aliphatic rings. The van der Waals surface area contributed by atoms with Gasteiger partial charge in [0.25, 0.3) is 11.5 Å². The van der Waals surface area contributed by atoms with Crippen LogP contribution in [0.3, 0.4) is 0 Å². The fraction of sp³-hybridized carbons (Fsp3) is 0.120. The zero-order chi connectivity index (χ0) is 23.1. The minimum absolute atomic E-state index is 0.0873. The van der Waals surface area contributed by atoms with Crippen molar-refractivity contribution in [3.05, 3.63) is 105 Å². The molecule has 0 fully saturated rings. The lowest BCUT2D eigenvalue weighted by Gasteiger charge is -2.13. The number of aromatic nitrogens is 4. The molecule has 7 nitrogen and oxygen atoms in total. The highest BCUT2D eigenvalue weighted by Gasteiger charge is 2.20. The van der Waals surface area contributed by atoms with E-state index in [4.69, 9.17) is 11.6 Å². The lowest BCUT2D eigenvalue weighted by Crippen LogP contribution is -2.24. The molecule has 0 aliphatic heterocycles. The van der Waals surface area contributed by atoms with Crippen LogP contribution in [-0.2, 0) is 6.54 Å². The highest BCUT2D eigenvalue weighted by atomic mass is 35.5. The van der Waals surface area contributed by atoms with Crippen LogP contribution in [0.5, 0.6) is 0 Å². The maximum Gasteiger partial charge on any atom is 0.296 e. The molecule has 1 amide bonds. The summed E-state index contributed by atoms with van der Waals surface area (Å²) in [6, 6.07) is 20.6. The molecule has 0 saturated heterocycles. The van der Waals surface area contributed by atoms with E-state index in [0.29, 0.717) is 22.8 Å². The molecule has 0 aliphatic carbocycles. The van der Waals surface area contributed by atoms with Crippen LogP contribution >= 0.6 is 11.6 Å². The Morgan fingerprint density at radius 3 is 2.55 bits per heavy atom. The zero-order valence-electron chi connectivity index (χ0n) is 18.0. The molecular formula is C25H20ClN5O2. The Hall–Kier alpha value is -3.97. The summed E-state index contributed by atoms with van der Waals surface area (Å²) in [6.45, 7) is 4.37. The van der Waals surface area contributed by atoms with E-state index in [1.807, 2.05) is 56.3 Å². The SMILES string of the molecule is Cc1ccc2c(c1)n(Cc1ccccc1C)c(=O)c1nc(C(=O)Nc3ccccc3Cl)nn12. The molecule has 0 radical (unpaired) electrons. The van der Waals surface area contributed by atoms with Crippen molar-refractivity contribution in [2.75, 3.05) is 5.32 Å². The second-order valence-corrected chi connectivity index (χ2v) is 8.32. The van der Waals surface area contributed by atoms with Crippen LogP contribution < -0.4 is 10.9 Å². The second kappa shape index (κ2) is 8.18. The first-order valence-electron chi connectivity index (χ1n) is 10.4. The van der Waals surface area contributed by atoms with E-state index < -0.39 is 5.91 Å². The number of nitrogens with zero attached hydrogens (tertiary/aromatic N) is 4. The van der Waals surface area contributed by atoms with Gasteiger partial charge in [0.2, 0.25) is 11.5 Å². The lowest BCUT2D eigenvalue weighted by molar-refractivity contribution is 0.101. The van der Waals surface area contributed by atoms with E-state index in [1.165, 1.54) is 4.52 Å². The number of amides is 1. The van der Waals surface area contributed by atoms with Crippen molar-refractivity contribution >= 4 is 39.9 Å². The lowest BCUT2D eigenvalue weighted by atomic mass is 10.1. The van der Waals surface area contributed by atoms with Gasteiger partial charge in [-0.3, -0.25) is 14.2 Å². The van der Waals surface area contributed by atoms with Gasteiger partial charge in [0.1, 0.15) is 0 Å². The van der Waals surface area contributed by atoms with Crippen molar-refractivity contribution < 1.29 is 4.79 Å². The molecule has 164 valence electrons. The minimum atomic E-state index is -0.545. The number of nitrogens with one attached hydrogen (secondary N) is 1. The Labute approximate surface area is 194 Å². The average molecular weight is 458 g/mol. The van der Waals surface area contributed by atoms with Gasteiger partial charge in [-0.15, -0.1) is 5.10 Å². The summed E-state index contributed by atoms with van der Waals surface area (Å²) in [7, 11) is 0. The van der Waals surface area contributed by atoms with E-state index in [2.05, 4.69) is 15.4 Å². The van der Waals surface area contributed by atoms with E-state index >= 15 is 0 Å². The third-order valence-electron chi connectivity index (χ3n) is 5.61. The van der Waals surface area contributed by atoms with Crippen LogP contribution in [0.4, 0.5) is 5.69 Å². The van der Waals surface area contributed by atoms with Crippen molar-refractivity contribution in [1.82, 2.24) is 19.2 Å². The standard InChI is InChI=1S/C25H20ClN5O2/c1-15-11-12-20-21(13-15)30(14-17-8-4-3-7-16(17)2)25(33)23-28-22(29-31(20)23)24(32)27-19-10-6-5-9-18(19)26/h3-13H,14H2,1-2H3,(H,27,32). The van der Waals surface area contributed by atoms with Gasteiger partial charge in [-0.2, -0.15) is 4.98 Å². The van der Waals surface area contributed by atoms with Crippen molar-refractivity contribution in [3.8, 4) is 0 Å². The number of carbonyl (C=O) groups is 1. The zero-order valence-corrected chi connectivity index (χ0v) is 18.8. The van der Waals surface area contributed by atoms with Crippen LogP contribution in [0.2, 0.25) is 5.02 Å². The number of hydrogen-bond acceptors (Lipinski definition) is 4. The van der Waals surface area contributed by atoms with Crippen LogP contribution in [0.1, 0.15) is 27.3 Å². The van der Waals surface area contributed by atoms with Gasteiger partial charge in [-0.1, -0.05) is 54.1 Å². The third kappa shape index (κ3) is 3.76. The Morgan fingerprint density at radius 2 is 1.76 bits per heavy atom. The first kappa shape index (κ1) is 20.9. The summed E-state index contributed by atoms with van der Waals surface area (Å²) in [5, 5.41) is 7.47. The van der Waals surface area contributed by atoms with Gasteiger partial charge in [-0.05, 0) is 54.8 Å². The average Bonchev–Trinajstić information content (AvgIpc) is 3.25. The molecule has 0 spiro atoms. The van der Waals surface area contributed by atoms with Gasteiger partial charge in [0.05, 0.1) is 28.3 Å². The van der Waals surface area contributed by atoms with Crippen molar-refractivity contribution in [1.29, 1.82) is 0 Å². The summed E-state index contributed by atoms with van der Waals surface area (Å²) in [6.07, 6.45) is 0. The summed E-state index contributed by atoms with van der Waals surface area (Å²) < 4.78 is 3.12. The Bertz CT molecular complexity index is 1600. The Kier molecular flexibility index (Phi) is 5.18. The Morgan fingerprint density at radius 1 is 1.00 bits per heavy atom. The first-order valence-corrected chi connectivity index (χ1v) is 10.8. The topological polar surface area (TPSA) is 81.3 Å². The largest absolute Gasteiger partial charge is 0.318 e. The molecule has 2 heterocycles. The monoisotopic (exact) mass is 457 g/mol. The molecule has 1 N–H and O–H groups in total. The number of benzene rings is 3. The predicted molar refractivity (Wildman–Crippen MR) is 129 cm³/mol. The van der Waals surface area contributed by atoms with E-state index in [9.17, 15) is 9.59 Å². The smallest absolute Gasteiger partial charge is 0.296 e. The van der Waals surface area contributed by atoms with E-state index in [0.717, 1.165) is 22.2 Å². The number of para-hydroxylation sites is 1. The van der Waals surface area contributed by atoms with Crippen LogP contribution in [-0.4, -0.2) is 25.1 Å². The van der Waals surface area contributed by atoms with Crippen molar-refractivity contribution in [2.24, 2.45) is 0 Å². The summed E-state index contributed by atoms with van der Waals surface area (Å²) in [4.78, 5) is 30.6. The normalized spacial score (nSPS) is 11.2. The fourth-order valence-electron chi connectivity index (χ4n) is 3.83. The minimum Gasteiger partial charge on any atom is -0.318 e. The number of carbonyl (C=O) groups excluding carboxylic acids is 1. The molecule has 2 aromatic heterocycles. The maximum absolute atomic E-state index is 13.5. The molecular weight excluding hydrogens is 438 g/mol. The number of rotatable bonds is 4. The Balaban J connectivity index is 1.67. The van der Waals surface area contributed by atoms with Crippen LogP contribution in [0.15, 0.2) is 71.5 Å². The summed E-state index contributed by atoms with van der Waals surface area (Å²) >= 11 is 6.15. The number of halogens is 1. The third-order valence-corrected chi connectivity index (χ3v) is 5.94. The number of hydrogen-bond donors (Lipinski definition) is 1. The highest BCUT2D eigenvalue weighted by molar-refractivity contribution is 6.33. The van der Waals surface area contributed by atoms with E-state index in [1.54, 1.807) is 28.8 Å². The quantitative estimate of drug-likeness (QED) is 0.427. The van der Waals surface area contributed by atoms with Crippen LogP contribution in [0.25, 0.3) is 16.7 Å². The van der Waals surface area contributed by atoms with Gasteiger partial charge in [-0.25, -0.2) is 4.52 Å². The molecule has 5 aromatic rings. The predicted octanol–water partition coefficient (Wildman–Crippen LogP) is 4.62. The molecule has 3 aromatic carbocycles.